The van der Waals surface area contributed by atoms with E-state index >= 15 is 0 Å². The number of hydrogen-bond donors (Lipinski definition) is 0. The van der Waals surface area contributed by atoms with Crippen LogP contribution < -0.4 is 4.90 Å². The molecule has 0 amide bonds. The molecule has 0 bridgehead atoms. The van der Waals surface area contributed by atoms with Crippen molar-refractivity contribution in [1.29, 1.82) is 0 Å². The molecule has 0 aliphatic carbocycles. The van der Waals surface area contributed by atoms with Crippen LogP contribution in [-0.4, -0.2) is 11.5 Å². The zero-order chi connectivity index (χ0) is 12.7. The van der Waals surface area contributed by atoms with Crippen LogP contribution in [0, 0.1) is 0 Å². The molecule has 19 heavy (non-hydrogen) atoms. The summed E-state index contributed by atoms with van der Waals surface area (Å²) in [6, 6.07) is 14.8. The maximum atomic E-state index is 4.79. The van der Waals surface area contributed by atoms with Crippen LogP contribution in [0.3, 0.4) is 0 Å². The second-order valence-electron chi connectivity index (χ2n) is 4.90. The monoisotopic (exact) mass is 266 g/mol. The molecule has 3 aromatic rings. The molecule has 0 saturated carbocycles. The Kier molecular flexibility index (Phi) is 2.52. The van der Waals surface area contributed by atoms with E-state index in [-0.39, 0.29) is 0 Å². The number of hydrogen-bond acceptors (Lipinski definition) is 3. The van der Waals surface area contributed by atoms with Crippen LogP contribution >= 0.6 is 11.3 Å². The third-order valence-electron chi connectivity index (χ3n) is 3.72. The summed E-state index contributed by atoms with van der Waals surface area (Å²) in [5, 5.41) is 3.40. The number of benzene rings is 1. The van der Waals surface area contributed by atoms with Crippen LogP contribution in [0.1, 0.15) is 10.4 Å². The Morgan fingerprint density at radius 1 is 1.05 bits per heavy atom. The molecule has 0 N–H and O–H groups in total. The summed E-state index contributed by atoms with van der Waals surface area (Å²) in [5.74, 6) is 1.09. The van der Waals surface area contributed by atoms with E-state index in [1.54, 1.807) is 0 Å². The fourth-order valence-corrected chi connectivity index (χ4v) is 3.57. The van der Waals surface area contributed by atoms with Crippen molar-refractivity contribution >= 4 is 28.1 Å². The molecule has 4 rings (SSSR count). The van der Waals surface area contributed by atoms with Gasteiger partial charge in [0.05, 0.1) is 5.52 Å². The highest BCUT2D eigenvalue weighted by molar-refractivity contribution is 7.10. The maximum absolute atomic E-state index is 4.79. The van der Waals surface area contributed by atoms with E-state index in [1.165, 1.54) is 15.8 Å². The van der Waals surface area contributed by atoms with Gasteiger partial charge in [0.25, 0.3) is 0 Å². The van der Waals surface area contributed by atoms with Gasteiger partial charge in [0.1, 0.15) is 5.82 Å². The molecule has 3 heteroatoms. The minimum absolute atomic E-state index is 0.990. The van der Waals surface area contributed by atoms with Crippen LogP contribution in [0.2, 0.25) is 0 Å². The fraction of sp³-hybridized carbons (Fsp3) is 0.188. The number of aromatic nitrogens is 1. The van der Waals surface area contributed by atoms with Gasteiger partial charge in [0.2, 0.25) is 0 Å². The van der Waals surface area contributed by atoms with Gasteiger partial charge in [-0.15, -0.1) is 11.3 Å². The maximum Gasteiger partial charge on any atom is 0.129 e. The van der Waals surface area contributed by atoms with Crippen molar-refractivity contribution in [3.63, 3.8) is 0 Å². The Hall–Kier alpha value is -1.87. The molecule has 2 nitrogen and oxygen atoms in total. The molecule has 1 aromatic carbocycles. The van der Waals surface area contributed by atoms with Crippen molar-refractivity contribution < 1.29 is 0 Å². The van der Waals surface area contributed by atoms with Gasteiger partial charge < -0.3 is 4.90 Å². The van der Waals surface area contributed by atoms with E-state index in [1.807, 2.05) is 17.4 Å². The fourth-order valence-electron chi connectivity index (χ4n) is 2.68. The number of nitrogens with zero attached hydrogens (tertiary/aromatic N) is 2. The Morgan fingerprint density at radius 2 is 2.00 bits per heavy atom. The number of fused-ring (bicyclic) bond motifs is 2. The van der Waals surface area contributed by atoms with E-state index in [0.29, 0.717) is 0 Å². The average Bonchev–Trinajstić information content (AvgIpc) is 2.94. The molecule has 0 fully saturated rings. The van der Waals surface area contributed by atoms with Crippen molar-refractivity contribution in [1.82, 2.24) is 4.98 Å². The Morgan fingerprint density at radius 3 is 3.00 bits per heavy atom. The minimum atomic E-state index is 0.990. The van der Waals surface area contributed by atoms with Crippen LogP contribution in [0.15, 0.2) is 47.8 Å². The predicted molar refractivity (Wildman–Crippen MR) is 80.8 cm³/mol. The summed E-state index contributed by atoms with van der Waals surface area (Å²) in [6.07, 6.45) is 1.14. The molecule has 0 spiro atoms. The van der Waals surface area contributed by atoms with Crippen LogP contribution in [0.25, 0.3) is 10.9 Å². The third kappa shape index (κ3) is 1.90. The summed E-state index contributed by atoms with van der Waals surface area (Å²) >= 11 is 1.88. The first kappa shape index (κ1) is 11.0. The number of para-hydroxylation sites is 1. The largest absolute Gasteiger partial charge is 0.352 e. The van der Waals surface area contributed by atoms with Gasteiger partial charge in [0, 0.05) is 23.4 Å². The predicted octanol–water partition coefficient (Wildman–Crippen LogP) is 3.86. The minimum Gasteiger partial charge on any atom is -0.352 e. The third-order valence-corrected chi connectivity index (χ3v) is 4.74. The summed E-state index contributed by atoms with van der Waals surface area (Å²) < 4.78 is 0. The van der Waals surface area contributed by atoms with E-state index in [2.05, 4.69) is 46.7 Å². The van der Waals surface area contributed by atoms with Crippen LogP contribution in [-0.2, 0) is 13.0 Å². The molecule has 94 valence electrons. The molecule has 0 saturated heterocycles. The second kappa shape index (κ2) is 4.35. The van der Waals surface area contributed by atoms with Crippen molar-refractivity contribution in [2.45, 2.75) is 13.0 Å². The van der Waals surface area contributed by atoms with Gasteiger partial charge in [-0.3, -0.25) is 0 Å². The Balaban J connectivity index is 1.71. The highest BCUT2D eigenvalue weighted by Crippen LogP contribution is 2.27. The lowest BCUT2D eigenvalue weighted by Gasteiger charge is -2.28. The van der Waals surface area contributed by atoms with Gasteiger partial charge in [0.15, 0.2) is 0 Å². The lowest BCUT2D eigenvalue weighted by Crippen LogP contribution is -2.30. The summed E-state index contributed by atoms with van der Waals surface area (Å²) in [6.45, 7) is 2.06. The first-order valence-electron chi connectivity index (χ1n) is 6.56. The van der Waals surface area contributed by atoms with Gasteiger partial charge in [-0.05, 0) is 41.6 Å². The lowest BCUT2D eigenvalue weighted by molar-refractivity contribution is 0.734. The molecule has 3 heterocycles. The quantitative estimate of drug-likeness (QED) is 0.665. The average molecular weight is 266 g/mol. The van der Waals surface area contributed by atoms with E-state index in [0.717, 1.165) is 30.8 Å². The van der Waals surface area contributed by atoms with Crippen LogP contribution in [0.4, 0.5) is 5.82 Å². The topological polar surface area (TPSA) is 16.1 Å². The second-order valence-corrected chi connectivity index (χ2v) is 5.90. The number of pyridine rings is 1. The highest BCUT2D eigenvalue weighted by Gasteiger charge is 2.18. The van der Waals surface area contributed by atoms with Crippen molar-refractivity contribution in [3.05, 3.63) is 58.3 Å². The molecular weight excluding hydrogens is 252 g/mol. The van der Waals surface area contributed by atoms with Gasteiger partial charge >= 0.3 is 0 Å². The molecular formula is C16H14N2S. The summed E-state index contributed by atoms with van der Waals surface area (Å²) in [4.78, 5) is 8.70. The molecule has 0 unspecified atom stereocenters. The zero-order valence-corrected chi connectivity index (χ0v) is 11.4. The number of anilines is 1. The molecule has 1 aliphatic heterocycles. The van der Waals surface area contributed by atoms with E-state index in [4.69, 9.17) is 4.98 Å². The SMILES string of the molecule is c1ccc2nc(N3CCc4sccc4C3)ccc2c1. The molecule has 2 aromatic heterocycles. The smallest absolute Gasteiger partial charge is 0.129 e. The number of thiophene rings is 1. The van der Waals surface area contributed by atoms with Crippen molar-refractivity contribution in [2.75, 3.05) is 11.4 Å². The molecule has 0 radical (unpaired) electrons. The zero-order valence-electron chi connectivity index (χ0n) is 10.5. The molecule has 1 aliphatic rings. The summed E-state index contributed by atoms with van der Waals surface area (Å²) in [7, 11) is 0. The normalized spacial score (nSPS) is 14.6. The first-order chi connectivity index (χ1) is 9.40. The number of rotatable bonds is 1. The van der Waals surface area contributed by atoms with Gasteiger partial charge in [-0.2, -0.15) is 0 Å². The first-order valence-corrected chi connectivity index (χ1v) is 7.44. The van der Waals surface area contributed by atoms with Gasteiger partial charge in [-0.25, -0.2) is 4.98 Å². The summed E-state index contributed by atoms with van der Waals surface area (Å²) in [5.41, 5.74) is 2.54. The lowest BCUT2D eigenvalue weighted by atomic mass is 10.1. The molecule has 0 atom stereocenters. The van der Waals surface area contributed by atoms with Gasteiger partial charge in [-0.1, -0.05) is 18.2 Å². The van der Waals surface area contributed by atoms with Crippen LogP contribution in [0.5, 0.6) is 0 Å². The standard InChI is InChI=1S/C16H14N2S/c1-2-4-14-12(3-1)5-6-16(17-14)18-9-7-15-13(11-18)8-10-19-15/h1-6,8,10H,7,9,11H2. The Bertz CT molecular complexity index is 732. The highest BCUT2D eigenvalue weighted by atomic mass is 32.1. The Labute approximate surface area is 116 Å². The van der Waals surface area contributed by atoms with Crippen molar-refractivity contribution in [2.24, 2.45) is 0 Å². The van der Waals surface area contributed by atoms with Crippen molar-refractivity contribution in [3.8, 4) is 0 Å². The van der Waals surface area contributed by atoms with E-state index in [9.17, 15) is 0 Å². The van der Waals surface area contributed by atoms with E-state index < -0.39 is 0 Å².